The Morgan fingerprint density at radius 1 is 1.17 bits per heavy atom. The van der Waals surface area contributed by atoms with Crippen molar-refractivity contribution in [1.29, 1.82) is 0 Å². The molecule has 1 aromatic heterocycles. The van der Waals surface area contributed by atoms with Crippen molar-refractivity contribution in [1.82, 2.24) is 9.97 Å². The molecule has 6 heteroatoms. The second-order valence-electron chi connectivity index (χ2n) is 3.54. The molecule has 2 N–H and O–H groups in total. The van der Waals surface area contributed by atoms with Crippen molar-refractivity contribution in [3.63, 3.8) is 0 Å². The standard InChI is InChI=1S/C12H13BrN4S/c13-9-3-1-2-4-10(9)17-12-7-11(14-5-6-18)15-8-16-12/h1-4,7-8,18H,5-6H2,(H2,14,15,16,17). The molecule has 2 rings (SSSR count). The molecule has 0 saturated heterocycles. The van der Waals surface area contributed by atoms with Gasteiger partial charge in [-0.1, -0.05) is 12.1 Å². The van der Waals surface area contributed by atoms with E-state index >= 15 is 0 Å². The molecule has 4 nitrogen and oxygen atoms in total. The predicted octanol–water partition coefficient (Wildman–Crippen LogP) is 3.32. The summed E-state index contributed by atoms with van der Waals surface area (Å²) in [4.78, 5) is 8.31. The minimum atomic E-state index is 0.749. The summed E-state index contributed by atoms with van der Waals surface area (Å²) in [6.45, 7) is 0.772. The highest BCUT2D eigenvalue weighted by Crippen LogP contribution is 2.24. The quantitative estimate of drug-likeness (QED) is 0.738. The molecule has 18 heavy (non-hydrogen) atoms. The SMILES string of the molecule is SCCNc1cc(Nc2ccccc2Br)ncn1. The maximum atomic E-state index is 4.18. The highest BCUT2D eigenvalue weighted by molar-refractivity contribution is 9.10. The summed E-state index contributed by atoms with van der Waals surface area (Å²) < 4.78 is 0.994. The fourth-order valence-corrected chi connectivity index (χ4v) is 1.90. The lowest BCUT2D eigenvalue weighted by atomic mass is 10.3. The Morgan fingerprint density at radius 2 is 1.94 bits per heavy atom. The number of benzene rings is 1. The van der Waals surface area contributed by atoms with E-state index < -0.39 is 0 Å². The number of hydrogen-bond donors (Lipinski definition) is 3. The Morgan fingerprint density at radius 3 is 2.72 bits per heavy atom. The predicted molar refractivity (Wildman–Crippen MR) is 81.8 cm³/mol. The van der Waals surface area contributed by atoms with Crippen molar-refractivity contribution in [2.24, 2.45) is 0 Å². The van der Waals surface area contributed by atoms with Crippen LogP contribution in [0, 0.1) is 0 Å². The average molecular weight is 325 g/mol. The Hall–Kier alpha value is -1.27. The number of nitrogens with one attached hydrogen (secondary N) is 2. The van der Waals surface area contributed by atoms with Crippen LogP contribution in [0.4, 0.5) is 17.3 Å². The van der Waals surface area contributed by atoms with Gasteiger partial charge >= 0.3 is 0 Å². The van der Waals surface area contributed by atoms with Crippen LogP contribution in [0.25, 0.3) is 0 Å². The van der Waals surface area contributed by atoms with Gasteiger partial charge in [-0.2, -0.15) is 12.6 Å². The van der Waals surface area contributed by atoms with Crippen LogP contribution in [-0.4, -0.2) is 22.3 Å². The highest BCUT2D eigenvalue weighted by Gasteiger charge is 2.01. The lowest BCUT2D eigenvalue weighted by molar-refractivity contribution is 1.12. The van der Waals surface area contributed by atoms with Crippen molar-refractivity contribution < 1.29 is 0 Å². The van der Waals surface area contributed by atoms with Crippen molar-refractivity contribution in [3.8, 4) is 0 Å². The Balaban J connectivity index is 2.12. The fourth-order valence-electron chi connectivity index (χ4n) is 1.41. The van der Waals surface area contributed by atoms with Gasteiger partial charge in [0.1, 0.15) is 18.0 Å². The minimum absolute atomic E-state index is 0.749. The summed E-state index contributed by atoms with van der Waals surface area (Å²) in [5.41, 5.74) is 0.969. The molecule has 0 spiro atoms. The third kappa shape index (κ3) is 3.61. The molecule has 1 aromatic carbocycles. The molecular weight excluding hydrogens is 312 g/mol. The van der Waals surface area contributed by atoms with Gasteiger partial charge in [0.15, 0.2) is 0 Å². The van der Waals surface area contributed by atoms with Crippen LogP contribution in [-0.2, 0) is 0 Å². The van der Waals surface area contributed by atoms with E-state index in [-0.39, 0.29) is 0 Å². The summed E-state index contributed by atoms with van der Waals surface area (Å²) in [6.07, 6.45) is 1.53. The Kier molecular flexibility index (Phi) is 4.83. The second-order valence-corrected chi connectivity index (χ2v) is 4.85. The van der Waals surface area contributed by atoms with Crippen LogP contribution in [0.15, 0.2) is 41.1 Å². The van der Waals surface area contributed by atoms with E-state index in [2.05, 4.69) is 49.2 Å². The van der Waals surface area contributed by atoms with Crippen LogP contribution < -0.4 is 10.6 Å². The third-order valence-electron chi connectivity index (χ3n) is 2.22. The number of para-hydroxylation sites is 1. The summed E-state index contributed by atoms with van der Waals surface area (Å²) in [7, 11) is 0. The normalized spacial score (nSPS) is 10.1. The van der Waals surface area contributed by atoms with Gasteiger partial charge in [-0.25, -0.2) is 9.97 Å². The van der Waals surface area contributed by atoms with Gasteiger partial charge in [-0.3, -0.25) is 0 Å². The van der Waals surface area contributed by atoms with Gasteiger partial charge in [-0.05, 0) is 28.1 Å². The molecule has 94 valence electrons. The zero-order valence-corrected chi connectivity index (χ0v) is 12.1. The topological polar surface area (TPSA) is 49.8 Å². The summed E-state index contributed by atoms with van der Waals surface area (Å²) in [5, 5.41) is 6.39. The van der Waals surface area contributed by atoms with Crippen molar-refractivity contribution in [3.05, 3.63) is 41.1 Å². The largest absolute Gasteiger partial charge is 0.369 e. The lowest BCUT2D eigenvalue weighted by Crippen LogP contribution is -2.05. The maximum Gasteiger partial charge on any atom is 0.135 e. The number of anilines is 3. The third-order valence-corrected chi connectivity index (χ3v) is 3.14. The van der Waals surface area contributed by atoms with Gasteiger partial charge in [0.2, 0.25) is 0 Å². The zero-order valence-electron chi connectivity index (χ0n) is 9.60. The van der Waals surface area contributed by atoms with Crippen LogP contribution in [0.3, 0.4) is 0 Å². The van der Waals surface area contributed by atoms with Gasteiger partial charge in [0.05, 0.1) is 5.69 Å². The van der Waals surface area contributed by atoms with Crippen molar-refractivity contribution >= 4 is 45.9 Å². The smallest absolute Gasteiger partial charge is 0.135 e. The van der Waals surface area contributed by atoms with Gasteiger partial charge in [-0.15, -0.1) is 0 Å². The van der Waals surface area contributed by atoms with Crippen LogP contribution >= 0.6 is 28.6 Å². The molecule has 0 fully saturated rings. The second kappa shape index (κ2) is 6.61. The first-order valence-corrected chi connectivity index (χ1v) is 6.90. The molecule has 0 unspecified atom stereocenters. The van der Waals surface area contributed by atoms with Crippen LogP contribution in [0.1, 0.15) is 0 Å². The van der Waals surface area contributed by atoms with E-state index in [0.717, 1.165) is 34.1 Å². The molecule has 0 saturated carbocycles. The van der Waals surface area contributed by atoms with E-state index in [9.17, 15) is 0 Å². The maximum absolute atomic E-state index is 4.18. The monoisotopic (exact) mass is 324 g/mol. The zero-order chi connectivity index (χ0) is 12.8. The van der Waals surface area contributed by atoms with E-state index in [1.165, 1.54) is 6.33 Å². The Labute approximate surface area is 120 Å². The number of halogens is 1. The summed E-state index contributed by atoms with van der Waals surface area (Å²) in [6, 6.07) is 9.75. The van der Waals surface area contributed by atoms with E-state index in [1.54, 1.807) is 0 Å². The molecule has 0 amide bonds. The molecule has 1 heterocycles. The molecule has 0 aliphatic rings. The number of rotatable bonds is 5. The van der Waals surface area contributed by atoms with E-state index in [1.807, 2.05) is 30.3 Å². The van der Waals surface area contributed by atoms with Crippen molar-refractivity contribution in [2.45, 2.75) is 0 Å². The number of aromatic nitrogens is 2. The first-order chi connectivity index (χ1) is 8.79. The Bertz CT molecular complexity index is 521. The number of thiol groups is 1. The minimum Gasteiger partial charge on any atom is -0.369 e. The van der Waals surface area contributed by atoms with E-state index in [0.29, 0.717) is 0 Å². The fraction of sp³-hybridized carbons (Fsp3) is 0.167. The molecule has 0 aliphatic heterocycles. The summed E-state index contributed by atoms with van der Waals surface area (Å²) in [5.74, 6) is 2.30. The number of hydrogen-bond acceptors (Lipinski definition) is 5. The molecule has 0 atom stereocenters. The van der Waals surface area contributed by atoms with Crippen molar-refractivity contribution in [2.75, 3.05) is 22.9 Å². The first kappa shape index (κ1) is 13.2. The molecule has 2 aromatic rings. The molecule has 0 bridgehead atoms. The van der Waals surface area contributed by atoms with Crippen LogP contribution in [0.5, 0.6) is 0 Å². The molecular formula is C12H13BrN4S. The van der Waals surface area contributed by atoms with Crippen LogP contribution in [0.2, 0.25) is 0 Å². The number of nitrogens with zero attached hydrogens (tertiary/aromatic N) is 2. The van der Waals surface area contributed by atoms with Gasteiger partial charge in [0.25, 0.3) is 0 Å². The highest BCUT2D eigenvalue weighted by atomic mass is 79.9. The van der Waals surface area contributed by atoms with Gasteiger partial charge < -0.3 is 10.6 Å². The van der Waals surface area contributed by atoms with Gasteiger partial charge in [0, 0.05) is 22.8 Å². The molecule has 0 radical (unpaired) electrons. The molecule has 0 aliphatic carbocycles. The average Bonchev–Trinajstić information content (AvgIpc) is 2.40. The van der Waals surface area contributed by atoms with E-state index in [4.69, 9.17) is 0 Å². The lowest BCUT2D eigenvalue weighted by Gasteiger charge is -2.09. The summed E-state index contributed by atoms with van der Waals surface area (Å²) >= 11 is 7.63. The first-order valence-electron chi connectivity index (χ1n) is 5.48.